The molecule has 0 aliphatic heterocycles. The zero-order valence-corrected chi connectivity index (χ0v) is 15.7. The highest BCUT2D eigenvalue weighted by molar-refractivity contribution is 7.99. The number of nitrogens with zero attached hydrogens (tertiary/aromatic N) is 1. The Bertz CT molecular complexity index is 852. The maximum Gasteiger partial charge on any atom is 0.230 e. The van der Waals surface area contributed by atoms with E-state index in [-0.39, 0.29) is 5.91 Å². The van der Waals surface area contributed by atoms with Gasteiger partial charge in [-0.15, -0.1) is 11.8 Å². The summed E-state index contributed by atoms with van der Waals surface area (Å²) in [6, 6.07) is 17.4. The molecule has 6 heteroatoms. The zero-order valence-electron chi connectivity index (χ0n) is 14.2. The molecule has 1 N–H and O–H groups in total. The second-order valence-electron chi connectivity index (χ2n) is 5.73. The Labute approximate surface area is 162 Å². The number of nitrogens with one attached hydrogen (secondary N) is 1. The average molecular weight is 387 g/mol. The average Bonchev–Trinajstić information content (AvgIpc) is 3.11. The van der Waals surface area contributed by atoms with Gasteiger partial charge in [-0.25, -0.2) is 4.98 Å². The molecule has 3 rings (SSSR count). The van der Waals surface area contributed by atoms with Crippen molar-refractivity contribution in [3.63, 3.8) is 0 Å². The third kappa shape index (κ3) is 5.64. The lowest BCUT2D eigenvalue weighted by atomic mass is 10.1. The smallest absolute Gasteiger partial charge is 0.230 e. The molecule has 0 saturated carbocycles. The van der Waals surface area contributed by atoms with E-state index in [2.05, 4.69) is 10.3 Å². The summed E-state index contributed by atoms with van der Waals surface area (Å²) in [7, 11) is 0. The van der Waals surface area contributed by atoms with Crippen LogP contribution in [0.25, 0.3) is 11.5 Å². The summed E-state index contributed by atoms with van der Waals surface area (Å²) in [5.74, 6) is 1.65. The first kappa shape index (κ1) is 18.5. The third-order valence-corrected chi connectivity index (χ3v) is 4.88. The van der Waals surface area contributed by atoms with Crippen LogP contribution in [0.5, 0.6) is 0 Å². The number of thioether (sulfide) groups is 1. The van der Waals surface area contributed by atoms with E-state index in [9.17, 15) is 4.79 Å². The molecule has 0 bridgehead atoms. The highest BCUT2D eigenvalue weighted by atomic mass is 35.5. The Morgan fingerprint density at radius 1 is 1.15 bits per heavy atom. The highest BCUT2D eigenvalue weighted by Gasteiger charge is 2.07. The number of carbonyl (C=O) groups excluding carboxylic acids is 1. The third-order valence-electron chi connectivity index (χ3n) is 3.68. The van der Waals surface area contributed by atoms with Crippen molar-refractivity contribution in [3.05, 3.63) is 77.1 Å². The lowest BCUT2D eigenvalue weighted by Crippen LogP contribution is -2.27. The molecule has 0 unspecified atom stereocenters. The summed E-state index contributed by atoms with van der Waals surface area (Å²) in [4.78, 5) is 16.4. The number of amides is 1. The van der Waals surface area contributed by atoms with Crippen LogP contribution in [-0.4, -0.2) is 23.2 Å². The minimum Gasteiger partial charge on any atom is -0.444 e. The zero-order chi connectivity index (χ0) is 18.2. The summed E-state index contributed by atoms with van der Waals surface area (Å²) in [5, 5.41) is 3.64. The van der Waals surface area contributed by atoms with Crippen molar-refractivity contribution in [2.75, 3.05) is 12.3 Å². The van der Waals surface area contributed by atoms with Gasteiger partial charge in [-0.3, -0.25) is 4.79 Å². The fourth-order valence-corrected chi connectivity index (χ4v) is 3.37. The van der Waals surface area contributed by atoms with Gasteiger partial charge < -0.3 is 9.73 Å². The van der Waals surface area contributed by atoms with Gasteiger partial charge >= 0.3 is 0 Å². The van der Waals surface area contributed by atoms with Gasteiger partial charge in [0.15, 0.2) is 0 Å². The summed E-state index contributed by atoms with van der Waals surface area (Å²) >= 11 is 7.47. The van der Waals surface area contributed by atoms with Crippen LogP contribution in [0.15, 0.2) is 65.3 Å². The minimum absolute atomic E-state index is 0.0174. The number of aromatic nitrogens is 1. The predicted molar refractivity (Wildman–Crippen MR) is 106 cm³/mol. The van der Waals surface area contributed by atoms with Crippen molar-refractivity contribution in [3.8, 4) is 11.5 Å². The molecule has 3 aromatic rings. The van der Waals surface area contributed by atoms with Gasteiger partial charge in [-0.1, -0.05) is 41.9 Å². The van der Waals surface area contributed by atoms with E-state index in [1.807, 2.05) is 54.6 Å². The number of oxazole rings is 1. The van der Waals surface area contributed by atoms with Gasteiger partial charge in [0.1, 0.15) is 6.26 Å². The fourth-order valence-electron chi connectivity index (χ4n) is 2.42. The monoisotopic (exact) mass is 386 g/mol. The summed E-state index contributed by atoms with van der Waals surface area (Å²) in [6.07, 6.45) is 2.41. The number of hydrogen-bond donors (Lipinski definition) is 1. The molecule has 0 saturated heterocycles. The maximum atomic E-state index is 11.9. The number of halogens is 1. The number of benzene rings is 2. The molecule has 0 atom stereocenters. The van der Waals surface area contributed by atoms with Gasteiger partial charge in [0.25, 0.3) is 0 Å². The van der Waals surface area contributed by atoms with Crippen LogP contribution in [0.1, 0.15) is 11.3 Å². The van der Waals surface area contributed by atoms with Crippen LogP contribution < -0.4 is 5.32 Å². The van der Waals surface area contributed by atoms with E-state index in [1.165, 1.54) is 11.8 Å². The SMILES string of the molecule is O=C(CSCc1coc(-c2ccccc2)n1)NCCc1cccc(Cl)c1. The quantitative estimate of drug-likeness (QED) is 0.615. The van der Waals surface area contributed by atoms with Crippen LogP contribution in [0, 0.1) is 0 Å². The van der Waals surface area contributed by atoms with Crippen molar-refractivity contribution in [1.82, 2.24) is 10.3 Å². The summed E-state index contributed by atoms with van der Waals surface area (Å²) < 4.78 is 5.50. The van der Waals surface area contributed by atoms with Gasteiger partial charge in [-0.2, -0.15) is 0 Å². The second kappa shape index (κ2) is 9.46. The Balaban J connectivity index is 1.37. The van der Waals surface area contributed by atoms with Crippen molar-refractivity contribution in [1.29, 1.82) is 0 Å². The molecule has 26 heavy (non-hydrogen) atoms. The van der Waals surface area contributed by atoms with Crippen LogP contribution >= 0.6 is 23.4 Å². The lowest BCUT2D eigenvalue weighted by molar-refractivity contribution is -0.118. The molecular weight excluding hydrogens is 368 g/mol. The van der Waals surface area contributed by atoms with Crippen molar-refractivity contribution >= 4 is 29.3 Å². The van der Waals surface area contributed by atoms with Crippen LogP contribution in [-0.2, 0) is 17.0 Å². The summed E-state index contributed by atoms with van der Waals surface area (Å²) in [5.41, 5.74) is 2.89. The number of rotatable bonds is 8. The van der Waals surface area contributed by atoms with E-state index in [4.69, 9.17) is 16.0 Å². The molecule has 1 heterocycles. The summed E-state index contributed by atoms with van der Waals surface area (Å²) in [6.45, 7) is 0.599. The molecule has 1 aromatic heterocycles. The van der Waals surface area contributed by atoms with Crippen molar-refractivity contribution in [2.24, 2.45) is 0 Å². The molecule has 0 aliphatic rings. The molecular formula is C20H19ClN2O2S. The van der Waals surface area contributed by atoms with Crippen LogP contribution in [0.2, 0.25) is 5.02 Å². The highest BCUT2D eigenvalue weighted by Crippen LogP contribution is 2.20. The molecule has 2 aromatic carbocycles. The predicted octanol–water partition coefficient (Wildman–Crippen LogP) is 4.59. The lowest BCUT2D eigenvalue weighted by Gasteiger charge is -2.05. The molecule has 0 radical (unpaired) electrons. The first-order valence-corrected chi connectivity index (χ1v) is 9.83. The Hall–Kier alpha value is -2.24. The van der Waals surface area contributed by atoms with E-state index < -0.39 is 0 Å². The standard InChI is InChI=1S/C20H19ClN2O2S/c21-17-8-4-5-15(11-17)9-10-22-19(24)14-26-13-18-12-25-20(23-18)16-6-2-1-3-7-16/h1-8,11-12H,9-10,13-14H2,(H,22,24). The van der Waals surface area contributed by atoms with E-state index in [0.717, 1.165) is 23.2 Å². The topological polar surface area (TPSA) is 55.1 Å². The van der Waals surface area contributed by atoms with E-state index in [1.54, 1.807) is 6.26 Å². The van der Waals surface area contributed by atoms with Gasteiger partial charge in [-0.05, 0) is 36.2 Å². The normalized spacial score (nSPS) is 10.7. The van der Waals surface area contributed by atoms with Crippen molar-refractivity contribution in [2.45, 2.75) is 12.2 Å². The van der Waals surface area contributed by atoms with Crippen molar-refractivity contribution < 1.29 is 9.21 Å². The van der Waals surface area contributed by atoms with E-state index >= 15 is 0 Å². The maximum absolute atomic E-state index is 11.9. The largest absolute Gasteiger partial charge is 0.444 e. The second-order valence-corrected chi connectivity index (χ2v) is 7.15. The molecule has 0 fully saturated rings. The molecule has 1 amide bonds. The Morgan fingerprint density at radius 2 is 2.00 bits per heavy atom. The van der Waals surface area contributed by atoms with Crippen LogP contribution in [0.4, 0.5) is 0 Å². The van der Waals surface area contributed by atoms with Gasteiger partial charge in [0.05, 0.1) is 11.4 Å². The molecule has 4 nitrogen and oxygen atoms in total. The van der Waals surface area contributed by atoms with Crippen LogP contribution in [0.3, 0.4) is 0 Å². The number of carbonyl (C=O) groups is 1. The molecule has 0 spiro atoms. The van der Waals surface area contributed by atoms with E-state index in [0.29, 0.717) is 29.0 Å². The Kier molecular flexibility index (Phi) is 6.75. The Morgan fingerprint density at radius 3 is 2.81 bits per heavy atom. The minimum atomic E-state index is 0.0174. The molecule has 0 aliphatic carbocycles. The fraction of sp³-hybridized carbons (Fsp3) is 0.200. The first-order valence-electron chi connectivity index (χ1n) is 8.29. The number of hydrogen-bond acceptors (Lipinski definition) is 4. The van der Waals surface area contributed by atoms with Gasteiger partial charge in [0.2, 0.25) is 11.8 Å². The first-order chi connectivity index (χ1) is 12.7. The van der Waals surface area contributed by atoms with Gasteiger partial charge in [0, 0.05) is 22.9 Å². The molecule has 134 valence electrons.